The number of aromatic nitrogens is 6. The molecule has 0 saturated carbocycles. The molecule has 3 aromatic heterocycles. The molecule has 24 heteroatoms. The van der Waals surface area contributed by atoms with Crippen molar-refractivity contribution in [2.45, 2.75) is 70.3 Å². The highest BCUT2D eigenvalue weighted by Gasteiger charge is 2.30. The number of para-hydroxylation sites is 1. The number of halogens is 2. The van der Waals surface area contributed by atoms with Crippen molar-refractivity contribution in [2.24, 2.45) is 7.05 Å². The smallest absolute Gasteiger partial charge is 0.322 e. The summed E-state index contributed by atoms with van der Waals surface area (Å²) in [6.07, 6.45) is 9.59. The number of benzene rings is 4. The summed E-state index contributed by atoms with van der Waals surface area (Å²) in [5, 5.41) is 36.5. The molecule has 0 atom stereocenters. The first kappa shape index (κ1) is 58.9. The number of carbonyl (C=O) groups is 6. The molecule has 2 aliphatic heterocycles. The van der Waals surface area contributed by atoms with Gasteiger partial charge in [0.15, 0.2) is 5.82 Å². The molecule has 5 heterocycles. The molecule has 0 unspecified atom stereocenters. The lowest BCUT2D eigenvalue weighted by Gasteiger charge is -2.36. The molecule has 0 bridgehead atoms. The number of nitrogens with one attached hydrogen (secondary N) is 6. The molecule has 9 rings (SSSR count). The van der Waals surface area contributed by atoms with Crippen LogP contribution in [0.15, 0.2) is 91.3 Å². The molecular weight excluding hydrogens is 1090 g/mol. The Kier molecular flexibility index (Phi) is 19.8. The molecule has 5 amide bonds. The van der Waals surface area contributed by atoms with E-state index in [4.69, 9.17) is 21.8 Å². The maximum absolute atomic E-state index is 15.9. The fraction of sp³-hybridized carbons (Fsp3) is 0.390. The van der Waals surface area contributed by atoms with E-state index in [9.17, 15) is 28.8 Å². The van der Waals surface area contributed by atoms with Crippen LogP contribution in [-0.2, 0) is 37.6 Å². The molecule has 2 aliphatic rings. The predicted molar refractivity (Wildman–Crippen MR) is 315 cm³/mol. The summed E-state index contributed by atoms with van der Waals surface area (Å²) >= 11 is 6.42. The summed E-state index contributed by atoms with van der Waals surface area (Å²) in [7, 11) is 3.36. The van der Waals surface area contributed by atoms with Crippen LogP contribution >= 0.6 is 11.6 Å². The van der Waals surface area contributed by atoms with Crippen molar-refractivity contribution < 1.29 is 38.3 Å². The van der Waals surface area contributed by atoms with Crippen LogP contribution in [0.1, 0.15) is 79.8 Å². The number of hydrogen-bond donors (Lipinski definition) is 7. The number of carboxylic acids is 1. The highest BCUT2D eigenvalue weighted by molar-refractivity contribution is 6.33. The minimum atomic E-state index is -1.21. The van der Waals surface area contributed by atoms with Crippen LogP contribution in [0, 0.1) is 5.82 Å². The zero-order valence-corrected chi connectivity index (χ0v) is 47.3. The number of carboxylic acid groups (broad SMARTS) is 1. The number of aliphatic carboxylic acids is 1. The van der Waals surface area contributed by atoms with Crippen LogP contribution in [0.5, 0.6) is 0 Å². The van der Waals surface area contributed by atoms with Crippen molar-refractivity contribution in [3.8, 4) is 11.1 Å². The molecule has 7 N–H and O–H groups in total. The van der Waals surface area contributed by atoms with Gasteiger partial charge in [0.2, 0.25) is 29.6 Å². The van der Waals surface area contributed by atoms with Gasteiger partial charge < -0.3 is 46.8 Å². The van der Waals surface area contributed by atoms with Gasteiger partial charge in [-0.05, 0) is 92.4 Å². The molecule has 0 aliphatic carbocycles. The molecular formula is C59H69ClFN15O7. The van der Waals surface area contributed by atoms with Crippen molar-refractivity contribution >= 4 is 97.7 Å². The van der Waals surface area contributed by atoms with Crippen LogP contribution in [0.25, 0.3) is 32.9 Å². The number of fused-ring (bicyclic) bond motifs is 2. The number of amides is 5. The second-order valence-electron chi connectivity index (χ2n) is 20.8. The Labute approximate surface area is 484 Å². The number of anilines is 5. The number of piperidine rings is 1. The third-order valence-corrected chi connectivity index (χ3v) is 15.4. The van der Waals surface area contributed by atoms with Crippen molar-refractivity contribution in [2.75, 3.05) is 88.0 Å². The van der Waals surface area contributed by atoms with Gasteiger partial charge in [-0.3, -0.25) is 43.0 Å². The Hall–Kier alpha value is -8.70. The highest BCUT2D eigenvalue weighted by atomic mass is 35.5. The standard InChI is InChI=1S/C59H69ClFN15O7/c1-62-58(83)43-11-6-7-13-47(43)69-57-45(60)34-66-59(70-57)68-40-15-17-41(18-16-40)74-29-27-73(28-30-74)24-9-5-3-4-8-23-63-50(77)19-20-53(80)75-25-21-38(22-26-75)56-55-42(44-32-49-39(31-46(44)61)33-67-72(49)2)12-10-14-48(55)76(71-56)37-52(79)64-35-51(78)65-36-54(81)82/h6-7,10-18,31-34,38H,3-5,8-9,19-30,35-37H2,1-2H3,(H,62,83)(H,63,77)(H,64,79)(H,65,78)(H,81,82)(H2,66,68,69,70). The summed E-state index contributed by atoms with van der Waals surface area (Å²) < 4.78 is 19.1. The van der Waals surface area contributed by atoms with Crippen molar-refractivity contribution in [3.05, 3.63) is 113 Å². The normalized spacial score (nSPS) is 13.9. The van der Waals surface area contributed by atoms with E-state index in [0.29, 0.717) is 93.6 Å². The van der Waals surface area contributed by atoms with Crippen molar-refractivity contribution in [1.82, 2.24) is 60.6 Å². The number of likely N-dealkylation sites (tertiary alicyclic amines) is 1. The van der Waals surface area contributed by atoms with Gasteiger partial charge in [0.1, 0.15) is 23.9 Å². The molecule has 83 heavy (non-hydrogen) atoms. The molecule has 2 saturated heterocycles. The van der Waals surface area contributed by atoms with E-state index < -0.39 is 36.7 Å². The summed E-state index contributed by atoms with van der Waals surface area (Å²) in [4.78, 5) is 90.3. The minimum absolute atomic E-state index is 0.0941. The number of unbranched alkanes of at least 4 members (excludes halogenated alkanes) is 4. The molecule has 436 valence electrons. The maximum Gasteiger partial charge on any atom is 0.322 e. The summed E-state index contributed by atoms with van der Waals surface area (Å²) in [6.45, 7) is 5.04. The van der Waals surface area contributed by atoms with Crippen LogP contribution in [0.2, 0.25) is 5.02 Å². The van der Waals surface area contributed by atoms with Gasteiger partial charge in [-0.1, -0.05) is 55.1 Å². The van der Waals surface area contributed by atoms with E-state index >= 15 is 4.39 Å². The van der Waals surface area contributed by atoms with E-state index in [2.05, 4.69) is 68.9 Å². The molecule has 7 aromatic rings. The molecule has 22 nitrogen and oxygen atoms in total. The first-order chi connectivity index (χ1) is 40.2. The van der Waals surface area contributed by atoms with Crippen molar-refractivity contribution in [1.29, 1.82) is 0 Å². The SMILES string of the molecule is CNC(=O)c1ccccc1Nc1nc(Nc2ccc(N3CCN(CCCCCCCNC(=O)CCC(=O)N4CCC(c5nn(CC(=O)NCC(=O)NCC(=O)O)c6cccc(-c7cc8c(cnn8C)cc7F)c56)CC4)CC3)cc2)ncc1Cl. The van der Waals surface area contributed by atoms with E-state index in [1.807, 2.05) is 24.3 Å². The summed E-state index contributed by atoms with van der Waals surface area (Å²) in [6, 6.07) is 23.9. The van der Waals surface area contributed by atoms with Crippen molar-refractivity contribution in [3.63, 3.8) is 0 Å². The van der Waals surface area contributed by atoms with E-state index in [1.165, 1.54) is 16.9 Å². The minimum Gasteiger partial charge on any atom is -0.480 e. The number of rotatable bonds is 25. The van der Waals surface area contributed by atoms with Crippen LogP contribution in [0.4, 0.5) is 33.2 Å². The Morgan fingerprint density at radius 3 is 2.27 bits per heavy atom. The van der Waals surface area contributed by atoms with Gasteiger partial charge in [0.25, 0.3) is 5.91 Å². The fourth-order valence-electron chi connectivity index (χ4n) is 10.6. The number of piperazine rings is 1. The lowest BCUT2D eigenvalue weighted by molar-refractivity contribution is -0.137. The highest BCUT2D eigenvalue weighted by Crippen LogP contribution is 2.40. The monoisotopic (exact) mass is 1150 g/mol. The molecule has 0 spiro atoms. The third-order valence-electron chi connectivity index (χ3n) is 15.1. The Balaban J connectivity index is 0.665. The topological polar surface area (TPSA) is 266 Å². The first-order valence-corrected chi connectivity index (χ1v) is 28.4. The fourth-order valence-corrected chi connectivity index (χ4v) is 10.8. The average molecular weight is 1150 g/mol. The molecule has 4 aromatic carbocycles. The molecule has 2 fully saturated rings. The van der Waals surface area contributed by atoms with Gasteiger partial charge in [-0.2, -0.15) is 15.2 Å². The van der Waals surface area contributed by atoms with E-state index in [1.54, 1.807) is 66.3 Å². The van der Waals surface area contributed by atoms with Gasteiger partial charge in [0, 0.05) is 106 Å². The predicted octanol–water partition coefficient (Wildman–Crippen LogP) is 6.71. The number of aryl methyl sites for hydroxylation is 1. The Bertz CT molecular complexity index is 3470. The van der Waals surface area contributed by atoms with Gasteiger partial charge in [0.05, 0.1) is 46.9 Å². The lowest BCUT2D eigenvalue weighted by Crippen LogP contribution is -2.46. The van der Waals surface area contributed by atoms with Gasteiger partial charge in [-0.25, -0.2) is 9.37 Å². The van der Waals surface area contributed by atoms with Crippen LogP contribution in [-0.4, -0.2) is 152 Å². The van der Waals surface area contributed by atoms with Gasteiger partial charge in [-0.15, -0.1) is 0 Å². The van der Waals surface area contributed by atoms with E-state index in [0.717, 1.165) is 81.7 Å². The lowest BCUT2D eigenvalue weighted by atomic mass is 9.88. The molecule has 0 radical (unpaired) electrons. The average Bonchev–Trinajstić information content (AvgIpc) is 3.72. The summed E-state index contributed by atoms with van der Waals surface area (Å²) in [5.41, 5.74) is 5.91. The second-order valence-corrected chi connectivity index (χ2v) is 21.2. The van der Waals surface area contributed by atoms with Crippen LogP contribution in [0.3, 0.4) is 0 Å². The zero-order valence-electron chi connectivity index (χ0n) is 46.6. The first-order valence-electron chi connectivity index (χ1n) is 28.1. The number of hydrogen-bond acceptors (Lipinski definition) is 14. The Morgan fingerprint density at radius 2 is 1.49 bits per heavy atom. The number of nitrogens with zero attached hydrogens (tertiary/aromatic N) is 9. The quantitative estimate of drug-likeness (QED) is 0.0293. The zero-order chi connectivity index (χ0) is 58.4. The largest absolute Gasteiger partial charge is 0.480 e. The number of carbonyl (C=O) groups excluding carboxylic acids is 5. The van der Waals surface area contributed by atoms with E-state index in [-0.39, 0.29) is 43.0 Å². The second kappa shape index (κ2) is 27.8. The van der Waals surface area contributed by atoms with Crippen LogP contribution < -0.4 is 36.8 Å². The van der Waals surface area contributed by atoms with Gasteiger partial charge >= 0.3 is 5.97 Å². The maximum atomic E-state index is 15.9. The third kappa shape index (κ3) is 15.3. The Morgan fingerprint density at radius 1 is 0.747 bits per heavy atom. The summed E-state index contributed by atoms with van der Waals surface area (Å²) in [5.74, 6) is -2.74.